The van der Waals surface area contributed by atoms with Gasteiger partial charge in [-0.1, -0.05) is 49.2 Å². The molecule has 2 fully saturated rings. The van der Waals surface area contributed by atoms with E-state index >= 15 is 0 Å². The van der Waals surface area contributed by atoms with E-state index in [0.29, 0.717) is 50.8 Å². The molecule has 0 bridgehead atoms. The fourth-order valence-corrected chi connectivity index (χ4v) is 7.09. The van der Waals surface area contributed by atoms with E-state index in [1.807, 2.05) is 0 Å². The molecule has 3 atom stereocenters. The van der Waals surface area contributed by atoms with E-state index in [9.17, 15) is 10.1 Å². The number of likely N-dealkylation sites (N-methyl/N-ethyl adjacent to an activating group) is 1. The molecule has 0 saturated carbocycles. The quantitative estimate of drug-likeness (QED) is 0.423. The van der Waals surface area contributed by atoms with E-state index in [4.69, 9.17) is 19.8 Å². The number of likely N-dealkylation sites (tertiary alicyclic amines) is 1. The maximum Gasteiger partial charge on any atom is 0.318 e. The number of anilines is 2. The van der Waals surface area contributed by atoms with Crippen molar-refractivity contribution < 1.29 is 14.6 Å². The van der Waals surface area contributed by atoms with Gasteiger partial charge in [-0.15, -0.1) is 0 Å². The second kappa shape index (κ2) is 13.7. The molecular formula is C35H41N7O3. The van der Waals surface area contributed by atoms with Crippen LogP contribution < -0.4 is 14.5 Å². The Morgan fingerprint density at radius 1 is 1.09 bits per heavy atom. The summed E-state index contributed by atoms with van der Waals surface area (Å²) in [6, 6.07) is 17.5. The lowest BCUT2D eigenvalue weighted by Gasteiger charge is -2.42. The van der Waals surface area contributed by atoms with E-state index in [0.717, 1.165) is 36.6 Å². The molecule has 2 aromatic carbocycles. The number of fused-ring (bicyclic) bond motifs is 2. The molecule has 10 nitrogen and oxygen atoms in total. The summed E-state index contributed by atoms with van der Waals surface area (Å²) in [5.74, 6) is 5.93. The number of nitrogens with zero attached hydrogens (tertiary/aromatic N) is 7. The molecule has 45 heavy (non-hydrogen) atoms. The highest BCUT2D eigenvalue weighted by Gasteiger charge is 2.34. The number of rotatable bonds is 6. The standard InChI is InChI=1S/C35H41N7O3/c1-25-8-6-17-39(2)32(25)24-45-35-37-30-23-40(31-12-5-10-26-9-3-4-11-28(26)31)18-15-29(30)34(38-35)41-19-20-42(27(22-41)14-16-36)33(44)13-7-21-43/h3-5,9-12,25,27,32,43H,6,8,14-15,17-24H2,1-2H3/t25?,27-,32+/m0/s1. The lowest BCUT2D eigenvalue weighted by Crippen LogP contribution is -2.55. The number of carbonyl (C=O) groups excluding carboxylic acids is 1. The number of amides is 1. The summed E-state index contributed by atoms with van der Waals surface area (Å²) < 4.78 is 6.41. The molecule has 6 rings (SSSR count). The van der Waals surface area contributed by atoms with Crippen molar-refractivity contribution in [3.63, 3.8) is 0 Å². The van der Waals surface area contributed by atoms with Gasteiger partial charge in [-0.25, -0.2) is 0 Å². The molecule has 3 aliphatic heterocycles. The summed E-state index contributed by atoms with van der Waals surface area (Å²) in [6.45, 7) is 6.34. The molecule has 4 heterocycles. The highest BCUT2D eigenvalue weighted by molar-refractivity contribution is 5.95. The third-order valence-electron chi connectivity index (χ3n) is 9.55. The van der Waals surface area contributed by atoms with Gasteiger partial charge in [-0.05, 0) is 56.1 Å². The first-order valence-corrected chi connectivity index (χ1v) is 15.9. The number of benzene rings is 2. The van der Waals surface area contributed by atoms with Crippen molar-refractivity contribution in [2.45, 2.75) is 51.2 Å². The first-order chi connectivity index (χ1) is 22.0. The molecular weight excluding hydrogens is 566 g/mol. The molecule has 10 heteroatoms. The highest BCUT2D eigenvalue weighted by Crippen LogP contribution is 2.35. The van der Waals surface area contributed by atoms with Gasteiger partial charge in [0.25, 0.3) is 5.91 Å². The topological polar surface area (TPSA) is 109 Å². The molecule has 0 radical (unpaired) electrons. The van der Waals surface area contributed by atoms with Crippen LogP contribution >= 0.6 is 0 Å². The Morgan fingerprint density at radius 2 is 1.93 bits per heavy atom. The van der Waals surface area contributed by atoms with Crippen molar-refractivity contribution in [3.8, 4) is 23.9 Å². The zero-order valence-corrected chi connectivity index (χ0v) is 26.2. The summed E-state index contributed by atoms with van der Waals surface area (Å²) in [4.78, 5) is 31.4. The largest absolute Gasteiger partial charge is 0.462 e. The Hall–Kier alpha value is -4.38. The molecule has 2 saturated heterocycles. The predicted molar refractivity (Wildman–Crippen MR) is 174 cm³/mol. The first-order valence-electron chi connectivity index (χ1n) is 15.9. The van der Waals surface area contributed by atoms with Gasteiger partial charge in [0, 0.05) is 48.9 Å². The zero-order chi connectivity index (χ0) is 31.3. The number of piperidine rings is 1. The Morgan fingerprint density at radius 3 is 2.76 bits per heavy atom. The lowest BCUT2D eigenvalue weighted by molar-refractivity contribution is -0.127. The Kier molecular flexibility index (Phi) is 9.34. The number of hydrogen-bond acceptors (Lipinski definition) is 9. The molecule has 0 aliphatic carbocycles. The zero-order valence-electron chi connectivity index (χ0n) is 26.2. The van der Waals surface area contributed by atoms with Crippen LogP contribution in [0.5, 0.6) is 6.01 Å². The maximum absolute atomic E-state index is 12.8. The number of carbonyl (C=O) groups is 1. The van der Waals surface area contributed by atoms with Crippen LogP contribution in [0.25, 0.3) is 10.8 Å². The molecule has 1 amide bonds. The van der Waals surface area contributed by atoms with E-state index in [-0.39, 0.29) is 25.0 Å². The van der Waals surface area contributed by atoms with Crippen LogP contribution in [0, 0.1) is 29.1 Å². The third kappa shape index (κ3) is 6.54. The summed E-state index contributed by atoms with van der Waals surface area (Å²) in [6.07, 6.45) is 3.32. The van der Waals surface area contributed by atoms with Gasteiger partial charge in [-0.3, -0.25) is 9.69 Å². The third-order valence-corrected chi connectivity index (χ3v) is 9.55. The van der Waals surface area contributed by atoms with Crippen LogP contribution in [-0.2, 0) is 17.8 Å². The minimum absolute atomic E-state index is 0.181. The van der Waals surface area contributed by atoms with Crippen LogP contribution in [0.15, 0.2) is 42.5 Å². The van der Waals surface area contributed by atoms with Crippen molar-refractivity contribution in [1.29, 1.82) is 5.26 Å². The number of aliphatic hydroxyl groups excluding tert-OH is 1. The minimum Gasteiger partial charge on any atom is -0.462 e. The summed E-state index contributed by atoms with van der Waals surface area (Å²) in [7, 11) is 2.16. The smallest absolute Gasteiger partial charge is 0.318 e. The van der Waals surface area contributed by atoms with Gasteiger partial charge in [-0.2, -0.15) is 15.2 Å². The molecule has 234 valence electrons. The van der Waals surface area contributed by atoms with Crippen LogP contribution in [0.3, 0.4) is 0 Å². The average Bonchev–Trinajstić information content (AvgIpc) is 3.06. The van der Waals surface area contributed by atoms with Gasteiger partial charge in [0.1, 0.15) is 19.0 Å². The number of hydrogen-bond donors (Lipinski definition) is 1. The first kappa shape index (κ1) is 30.6. The molecule has 3 aliphatic rings. The monoisotopic (exact) mass is 607 g/mol. The Balaban J connectivity index is 1.32. The van der Waals surface area contributed by atoms with Gasteiger partial charge in [0.15, 0.2) is 0 Å². The molecule has 1 N–H and O–H groups in total. The number of aromatic nitrogens is 2. The van der Waals surface area contributed by atoms with E-state index < -0.39 is 0 Å². The van der Waals surface area contributed by atoms with Gasteiger partial charge < -0.3 is 24.5 Å². The summed E-state index contributed by atoms with van der Waals surface area (Å²) in [5.41, 5.74) is 3.23. The molecule has 1 aromatic heterocycles. The highest BCUT2D eigenvalue weighted by atomic mass is 16.5. The van der Waals surface area contributed by atoms with E-state index in [1.54, 1.807) is 4.90 Å². The Labute approximate surface area is 265 Å². The normalized spacial score (nSPS) is 21.9. The second-order valence-electron chi connectivity index (χ2n) is 12.3. The Bertz CT molecular complexity index is 1630. The van der Waals surface area contributed by atoms with Crippen molar-refractivity contribution in [2.24, 2.45) is 5.92 Å². The molecule has 1 unspecified atom stereocenters. The molecule has 0 spiro atoms. The summed E-state index contributed by atoms with van der Waals surface area (Å²) in [5, 5.41) is 21.1. The van der Waals surface area contributed by atoms with Crippen molar-refractivity contribution in [3.05, 3.63) is 53.7 Å². The van der Waals surface area contributed by atoms with E-state index in [1.165, 1.54) is 29.3 Å². The lowest BCUT2D eigenvalue weighted by atomic mass is 9.92. The van der Waals surface area contributed by atoms with Crippen LogP contribution in [0.2, 0.25) is 0 Å². The van der Waals surface area contributed by atoms with Gasteiger partial charge in [0.2, 0.25) is 0 Å². The van der Waals surface area contributed by atoms with Crippen molar-refractivity contribution >= 4 is 28.2 Å². The van der Waals surface area contributed by atoms with Crippen molar-refractivity contribution in [1.82, 2.24) is 19.8 Å². The number of piperazine rings is 1. The number of nitriles is 1. The number of ether oxygens (including phenoxy) is 1. The second-order valence-corrected chi connectivity index (χ2v) is 12.3. The fraction of sp³-hybridized carbons (Fsp3) is 0.486. The van der Waals surface area contributed by atoms with Gasteiger partial charge in [0.05, 0.1) is 30.8 Å². The van der Waals surface area contributed by atoms with Gasteiger partial charge >= 0.3 is 6.01 Å². The van der Waals surface area contributed by atoms with Crippen LogP contribution in [-0.4, -0.2) is 95.9 Å². The fourth-order valence-electron chi connectivity index (χ4n) is 7.09. The van der Waals surface area contributed by atoms with Crippen LogP contribution in [0.1, 0.15) is 37.4 Å². The maximum atomic E-state index is 12.8. The minimum atomic E-state index is -0.379. The number of aliphatic hydroxyl groups is 1. The average molecular weight is 608 g/mol. The molecule has 3 aromatic rings. The van der Waals surface area contributed by atoms with Crippen LogP contribution in [0.4, 0.5) is 11.5 Å². The van der Waals surface area contributed by atoms with Crippen molar-refractivity contribution in [2.75, 3.05) is 62.8 Å². The summed E-state index contributed by atoms with van der Waals surface area (Å²) >= 11 is 0. The SMILES string of the molecule is CC1CCCN(C)[C@@H]1COc1nc2c(c(N3CCN(C(=O)C#CCO)[C@@H](CC#N)C3)n1)CCN(c1cccc3ccccc13)C2. The van der Waals surface area contributed by atoms with E-state index in [2.05, 4.69) is 89.0 Å². The predicted octanol–water partition coefficient (Wildman–Crippen LogP) is 3.23.